The Labute approximate surface area is 141 Å². The van der Waals surface area contributed by atoms with Crippen LogP contribution in [0.5, 0.6) is 0 Å². The Balaban J connectivity index is 2.05. The van der Waals surface area contributed by atoms with Crippen LogP contribution in [0.4, 0.5) is 4.39 Å². The van der Waals surface area contributed by atoms with Crippen LogP contribution in [0, 0.1) is 5.82 Å². The smallest absolute Gasteiger partial charge is 0.262 e. The van der Waals surface area contributed by atoms with Crippen molar-refractivity contribution in [2.24, 2.45) is 0 Å². The van der Waals surface area contributed by atoms with Gasteiger partial charge in [0.2, 0.25) is 0 Å². The van der Waals surface area contributed by atoms with Gasteiger partial charge in [0.15, 0.2) is 0 Å². The minimum absolute atomic E-state index is 0.0185. The van der Waals surface area contributed by atoms with E-state index in [0.717, 1.165) is 0 Å². The second-order valence-electron chi connectivity index (χ2n) is 6.08. The van der Waals surface area contributed by atoms with Crippen LogP contribution in [0.1, 0.15) is 20.3 Å². The van der Waals surface area contributed by atoms with Gasteiger partial charge in [0.1, 0.15) is 16.9 Å². The number of fused-ring (bicyclic) bond motifs is 1. The van der Waals surface area contributed by atoms with Crippen LogP contribution in [-0.2, 0) is 16.0 Å². The number of hydrogen-bond acceptors (Lipinski definition) is 4. The van der Waals surface area contributed by atoms with Crippen molar-refractivity contribution in [1.82, 2.24) is 9.55 Å². The summed E-state index contributed by atoms with van der Waals surface area (Å²) in [5, 5.41) is 0.242. The van der Waals surface area contributed by atoms with Gasteiger partial charge in [-0.05, 0) is 41.9 Å². The minimum atomic E-state index is -0.548. The molecule has 0 spiro atoms. The highest BCUT2D eigenvalue weighted by atomic mass is 79.9. The summed E-state index contributed by atoms with van der Waals surface area (Å²) in [4.78, 5) is 16.9. The molecular weight excluding hydrogens is 367 g/mol. The van der Waals surface area contributed by atoms with Gasteiger partial charge in [-0.2, -0.15) is 0 Å². The molecule has 23 heavy (non-hydrogen) atoms. The van der Waals surface area contributed by atoms with Crippen molar-refractivity contribution in [3.05, 3.63) is 39.1 Å². The lowest BCUT2D eigenvalue weighted by atomic mass is 10.0. The molecule has 1 atom stereocenters. The molecule has 0 N–H and O–H groups in total. The van der Waals surface area contributed by atoms with E-state index in [1.165, 1.54) is 23.0 Å². The van der Waals surface area contributed by atoms with Gasteiger partial charge in [0.05, 0.1) is 31.0 Å². The molecule has 1 unspecified atom stereocenters. The van der Waals surface area contributed by atoms with Gasteiger partial charge in [0.25, 0.3) is 5.56 Å². The van der Waals surface area contributed by atoms with Crippen molar-refractivity contribution in [3.63, 3.8) is 0 Å². The molecule has 1 aromatic carbocycles. The first-order valence-electron chi connectivity index (χ1n) is 7.51. The summed E-state index contributed by atoms with van der Waals surface area (Å²) in [6.45, 7) is 5.26. The topological polar surface area (TPSA) is 53.4 Å². The predicted octanol–water partition coefficient (Wildman–Crippen LogP) is 2.88. The zero-order valence-corrected chi connectivity index (χ0v) is 14.6. The Bertz CT molecular complexity index is 785. The monoisotopic (exact) mass is 384 g/mol. The molecule has 0 aliphatic carbocycles. The second-order valence-corrected chi connectivity index (χ2v) is 6.94. The van der Waals surface area contributed by atoms with E-state index in [9.17, 15) is 9.18 Å². The van der Waals surface area contributed by atoms with E-state index >= 15 is 0 Å². The fourth-order valence-corrected chi connectivity index (χ4v) is 3.45. The first-order valence-corrected chi connectivity index (χ1v) is 8.30. The van der Waals surface area contributed by atoms with Crippen LogP contribution in [-0.4, -0.2) is 34.5 Å². The van der Waals surface area contributed by atoms with Crippen molar-refractivity contribution >= 4 is 26.8 Å². The third-order valence-corrected chi connectivity index (χ3v) is 4.55. The average molecular weight is 385 g/mol. The minimum Gasteiger partial charge on any atom is -0.378 e. The maximum atomic E-state index is 13.9. The van der Waals surface area contributed by atoms with E-state index in [1.807, 2.05) is 13.8 Å². The molecule has 124 valence electrons. The van der Waals surface area contributed by atoms with Crippen molar-refractivity contribution in [2.45, 2.75) is 38.5 Å². The molecule has 2 aromatic rings. The van der Waals surface area contributed by atoms with E-state index < -0.39 is 11.4 Å². The summed E-state index contributed by atoms with van der Waals surface area (Å²) in [5.41, 5.74) is -0.769. The van der Waals surface area contributed by atoms with Crippen molar-refractivity contribution < 1.29 is 13.9 Å². The maximum Gasteiger partial charge on any atom is 0.262 e. The molecule has 1 saturated heterocycles. The fraction of sp³-hybridized carbons (Fsp3) is 0.500. The van der Waals surface area contributed by atoms with E-state index in [0.29, 0.717) is 30.7 Å². The standard InChI is InChI=1S/C16H18BrFN2O3/c1-10(2)23-16(5-6-22-8-16)7-20-9-19-14-12(18)4-3-11(17)13(14)15(20)21/h3-4,9-10H,5-8H2,1-2H3. The van der Waals surface area contributed by atoms with Gasteiger partial charge < -0.3 is 9.47 Å². The normalized spacial score (nSPS) is 21.4. The molecule has 0 radical (unpaired) electrons. The highest BCUT2D eigenvalue weighted by Gasteiger charge is 2.37. The lowest BCUT2D eigenvalue weighted by Crippen LogP contribution is -2.43. The lowest BCUT2D eigenvalue weighted by Gasteiger charge is -2.30. The number of aromatic nitrogens is 2. The summed E-state index contributed by atoms with van der Waals surface area (Å²) in [7, 11) is 0. The zero-order valence-electron chi connectivity index (χ0n) is 13.0. The van der Waals surface area contributed by atoms with Gasteiger partial charge in [-0.1, -0.05) is 0 Å². The van der Waals surface area contributed by atoms with Crippen molar-refractivity contribution in [1.29, 1.82) is 0 Å². The Morgan fingerprint density at radius 2 is 2.30 bits per heavy atom. The summed E-state index contributed by atoms with van der Waals surface area (Å²) in [5.74, 6) is -0.509. The fourth-order valence-electron chi connectivity index (χ4n) is 2.96. The molecule has 0 amide bonds. The molecule has 0 saturated carbocycles. The number of nitrogens with zero attached hydrogens (tertiary/aromatic N) is 2. The Hall–Kier alpha value is -1.31. The van der Waals surface area contributed by atoms with E-state index in [1.54, 1.807) is 0 Å². The van der Waals surface area contributed by atoms with Gasteiger partial charge >= 0.3 is 0 Å². The largest absolute Gasteiger partial charge is 0.378 e. The Morgan fingerprint density at radius 1 is 1.52 bits per heavy atom. The van der Waals surface area contributed by atoms with E-state index in [4.69, 9.17) is 9.47 Å². The van der Waals surface area contributed by atoms with Crippen LogP contribution in [0.3, 0.4) is 0 Å². The summed E-state index contributed by atoms with van der Waals surface area (Å²) >= 11 is 3.31. The first kappa shape index (κ1) is 16.5. The number of halogens is 2. The molecule has 1 aliphatic heterocycles. The highest BCUT2D eigenvalue weighted by molar-refractivity contribution is 9.10. The number of ether oxygens (including phenoxy) is 2. The predicted molar refractivity (Wildman–Crippen MR) is 88.0 cm³/mol. The molecule has 5 nitrogen and oxygen atoms in total. The molecular formula is C16H18BrFN2O3. The third-order valence-electron chi connectivity index (χ3n) is 3.89. The molecule has 1 fully saturated rings. The Morgan fingerprint density at radius 3 is 2.96 bits per heavy atom. The third kappa shape index (κ3) is 3.18. The van der Waals surface area contributed by atoms with Crippen LogP contribution >= 0.6 is 15.9 Å². The molecule has 1 aromatic heterocycles. The number of hydrogen-bond donors (Lipinski definition) is 0. The van der Waals surface area contributed by atoms with Crippen molar-refractivity contribution in [3.8, 4) is 0 Å². The van der Waals surface area contributed by atoms with Crippen molar-refractivity contribution in [2.75, 3.05) is 13.2 Å². The summed E-state index contributed by atoms with van der Waals surface area (Å²) in [6, 6.07) is 2.81. The van der Waals surface area contributed by atoms with Gasteiger partial charge in [-0.25, -0.2) is 9.37 Å². The maximum absolute atomic E-state index is 13.9. The Kier molecular flexibility index (Phi) is 4.53. The highest BCUT2D eigenvalue weighted by Crippen LogP contribution is 2.27. The average Bonchev–Trinajstić information content (AvgIpc) is 2.93. The van der Waals surface area contributed by atoms with Crippen LogP contribution < -0.4 is 5.56 Å². The SMILES string of the molecule is CC(C)OC1(Cn2cnc3c(F)ccc(Br)c3c2=O)CCOC1. The van der Waals surface area contributed by atoms with E-state index in [2.05, 4.69) is 20.9 Å². The van der Waals surface area contributed by atoms with E-state index in [-0.39, 0.29) is 22.6 Å². The summed E-state index contributed by atoms with van der Waals surface area (Å²) in [6.07, 6.45) is 2.11. The molecule has 0 bridgehead atoms. The van der Waals surface area contributed by atoms with Crippen LogP contribution in [0.25, 0.3) is 10.9 Å². The molecule has 7 heteroatoms. The summed E-state index contributed by atoms with van der Waals surface area (Å²) < 4.78 is 27.4. The van der Waals surface area contributed by atoms with Gasteiger partial charge in [-0.3, -0.25) is 9.36 Å². The quantitative estimate of drug-likeness (QED) is 0.812. The number of benzene rings is 1. The lowest BCUT2D eigenvalue weighted by molar-refractivity contribution is -0.0918. The zero-order chi connectivity index (χ0) is 16.6. The molecule has 1 aliphatic rings. The second kappa shape index (κ2) is 6.30. The molecule has 3 rings (SSSR count). The first-order chi connectivity index (χ1) is 10.9. The molecule has 2 heterocycles. The van der Waals surface area contributed by atoms with Crippen LogP contribution in [0.2, 0.25) is 0 Å². The van der Waals surface area contributed by atoms with Crippen LogP contribution in [0.15, 0.2) is 27.7 Å². The number of rotatable bonds is 4. The van der Waals surface area contributed by atoms with Gasteiger partial charge in [-0.15, -0.1) is 0 Å². The van der Waals surface area contributed by atoms with Gasteiger partial charge in [0, 0.05) is 17.5 Å².